The molecule has 1 saturated heterocycles. The van der Waals surface area contributed by atoms with Crippen LogP contribution >= 0.6 is 24.0 Å². The van der Waals surface area contributed by atoms with E-state index in [2.05, 4.69) is 54.4 Å². The van der Waals surface area contributed by atoms with E-state index < -0.39 is 0 Å². The van der Waals surface area contributed by atoms with E-state index in [0.717, 1.165) is 45.4 Å². The predicted molar refractivity (Wildman–Crippen MR) is 115 cm³/mol. The molecule has 1 saturated carbocycles. The molecule has 0 amide bonds. The van der Waals surface area contributed by atoms with Crippen molar-refractivity contribution < 1.29 is 4.74 Å². The third-order valence-corrected chi connectivity index (χ3v) is 5.10. The number of hydrogen-bond donors (Lipinski definition) is 1. The maximum atomic E-state index is 5.59. The summed E-state index contributed by atoms with van der Waals surface area (Å²) >= 11 is 0. The molecule has 3 rings (SSSR count). The van der Waals surface area contributed by atoms with Gasteiger partial charge in [-0.3, -0.25) is 4.99 Å². The first-order chi connectivity index (χ1) is 11.8. The molecule has 25 heavy (non-hydrogen) atoms. The Kier molecular flexibility index (Phi) is 8.49. The summed E-state index contributed by atoms with van der Waals surface area (Å²) in [5, 5.41) is 3.47. The summed E-state index contributed by atoms with van der Waals surface area (Å²) in [6.07, 6.45) is 2.49. The van der Waals surface area contributed by atoms with E-state index in [9.17, 15) is 0 Å². The maximum Gasteiger partial charge on any atom is 0.193 e. The third-order valence-electron chi connectivity index (χ3n) is 5.10. The van der Waals surface area contributed by atoms with Gasteiger partial charge in [-0.15, -0.1) is 24.0 Å². The van der Waals surface area contributed by atoms with Crippen molar-refractivity contribution in [2.24, 2.45) is 16.8 Å². The molecule has 0 spiro atoms. The molecule has 5 heteroatoms. The summed E-state index contributed by atoms with van der Waals surface area (Å²) in [4.78, 5) is 7.35. The van der Waals surface area contributed by atoms with Crippen LogP contribution in [-0.2, 0) is 4.74 Å². The fourth-order valence-corrected chi connectivity index (χ4v) is 3.63. The lowest BCUT2D eigenvalue weighted by atomic mass is 10.1. The Bertz CT molecular complexity index is 537. The molecular weight excluding hydrogens is 425 g/mol. The Morgan fingerprint density at radius 1 is 1.28 bits per heavy atom. The monoisotopic (exact) mass is 457 g/mol. The first kappa shape index (κ1) is 20.5. The normalized spacial score (nSPS) is 25.6. The Labute approximate surface area is 169 Å². The lowest BCUT2D eigenvalue weighted by molar-refractivity contribution is 0.114. The summed E-state index contributed by atoms with van der Waals surface area (Å²) in [5.41, 5.74) is 1.47. The second-order valence-corrected chi connectivity index (χ2v) is 6.97. The highest BCUT2D eigenvalue weighted by molar-refractivity contribution is 14.0. The van der Waals surface area contributed by atoms with Crippen molar-refractivity contribution in [1.82, 2.24) is 10.2 Å². The van der Waals surface area contributed by atoms with Gasteiger partial charge in [0.05, 0.1) is 6.61 Å². The zero-order valence-electron chi connectivity index (χ0n) is 15.5. The van der Waals surface area contributed by atoms with Gasteiger partial charge in [0.15, 0.2) is 5.96 Å². The number of halogens is 1. The summed E-state index contributed by atoms with van der Waals surface area (Å²) in [5.74, 6) is 3.16. The van der Waals surface area contributed by atoms with Crippen molar-refractivity contribution in [3.8, 4) is 0 Å². The van der Waals surface area contributed by atoms with Gasteiger partial charge in [0, 0.05) is 38.7 Å². The SMILES string of the molecule is CCNC(=NCC1CC1c1ccccc1)N1CCC(COCC)C1.I. The van der Waals surface area contributed by atoms with E-state index in [1.54, 1.807) is 0 Å². The van der Waals surface area contributed by atoms with Gasteiger partial charge in [0.1, 0.15) is 0 Å². The van der Waals surface area contributed by atoms with E-state index in [1.807, 2.05) is 0 Å². The third kappa shape index (κ3) is 5.84. The Balaban J connectivity index is 0.00000225. The maximum absolute atomic E-state index is 5.59. The Morgan fingerprint density at radius 3 is 2.80 bits per heavy atom. The standard InChI is InChI=1S/C20H31N3O.HI/c1-3-21-20(23-11-10-16(14-23)15-24-4-2)22-13-18-12-19(18)17-8-6-5-7-9-17;/h5-9,16,18-19H,3-4,10-15H2,1-2H3,(H,21,22);1H. The Hall–Kier alpha value is -0.820. The average Bonchev–Trinajstić information content (AvgIpc) is 3.25. The van der Waals surface area contributed by atoms with Gasteiger partial charge < -0.3 is 15.0 Å². The van der Waals surface area contributed by atoms with Crippen LogP contribution in [0.25, 0.3) is 0 Å². The van der Waals surface area contributed by atoms with Crippen LogP contribution < -0.4 is 5.32 Å². The number of nitrogens with one attached hydrogen (secondary N) is 1. The van der Waals surface area contributed by atoms with Crippen molar-refractivity contribution in [2.45, 2.75) is 32.6 Å². The molecule has 1 heterocycles. The molecule has 3 atom stereocenters. The van der Waals surface area contributed by atoms with Crippen molar-refractivity contribution >= 4 is 29.9 Å². The largest absolute Gasteiger partial charge is 0.381 e. The fraction of sp³-hybridized carbons (Fsp3) is 0.650. The van der Waals surface area contributed by atoms with E-state index in [4.69, 9.17) is 9.73 Å². The molecule has 0 radical (unpaired) electrons. The average molecular weight is 457 g/mol. The van der Waals surface area contributed by atoms with Gasteiger partial charge in [-0.25, -0.2) is 0 Å². The number of likely N-dealkylation sites (tertiary alicyclic amines) is 1. The quantitative estimate of drug-likeness (QED) is 0.385. The highest BCUT2D eigenvalue weighted by Crippen LogP contribution is 2.47. The van der Waals surface area contributed by atoms with Crippen LogP contribution in [0.2, 0.25) is 0 Å². The van der Waals surface area contributed by atoms with Crippen molar-refractivity contribution in [2.75, 3.05) is 39.4 Å². The molecule has 0 aromatic heterocycles. The zero-order valence-corrected chi connectivity index (χ0v) is 17.8. The topological polar surface area (TPSA) is 36.9 Å². The van der Waals surface area contributed by atoms with Crippen LogP contribution in [0.5, 0.6) is 0 Å². The number of ether oxygens (including phenoxy) is 1. The van der Waals surface area contributed by atoms with Crippen LogP contribution in [0.3, 0.4) is 0 Å². The molecule has 4 nitrogen and oxygen atoms in total. The smallest absolute Gasteiger partial charge is 0.193 e. The highest BCUT2D eigenvalue weighted by Gasteiger charge is 2.38. The Morgan fingerprint density at radius 2 is 2.08 bits per heavy atom. The summed E-state index contributed by atoms with van der Waals surface area (Å²) in [7, 11) is 0. The molecule has 1 aromatic rings. The van der Waals surface area contributed by atoms with Gasteiger partial charge in [-0.05, 0) is 44.1 Å². The van der Waals surface area contributed by atoms with Crippen LogP contribution in [0.4, 0.5) is 0 Å². The summed E-state index contributed by atoms with van der Waals surface area (Å²) < 4.78 is 5.59. The number of nitrogens with zero attached hydrogens (tertiary/aromatic N) is 2. The van der Waals surface area contributed by atoms with Gasteiger partial charge >= 0.3 is 0 Å². The number of guanidine groups is 1. The molecule has 3 unspecified atom stereocenters. The number of aliphatic imine (C=N–C) groups is 1. The van der Waals surface area contributed by atoms with Crippen molar-refractivity contribution in [1.29, 1.82) is 0 Å². The van der Waals surface area contributed by atoms with Gasteiger partial charge in [0.25, 0.3) is 0 Å². The minimum absolute atomic E-state index is 0. The molecule has 1 N–H and O–H groups in total. The number of rotatable bonds is 7. The van der Waals surface area contributed by atoms with Gasteiger partial charge in [-0.1, -0.05) is 30.3 Å². The molecule has 1 aromatic carbocycles. The molecule has 2 fully saturated rings. The van der Waals surface area contributed by atoms with E-state index in [-0.39, 0.29) is 24.0 Å². The van der Waals surface area contributed by atoms with Gasteiger partial charge in [-0.2, -0.15) is 0 Å². The fourth-order valence-electron chi connectivity index (χ4n) is 3.63. The summed E-state index contributed by atoms with van der Waals surface area (Å²) in [6, 6.07) is 10.9. The number of hydrogen-bond acceptors (Lipinski definition) is 2. The lowest BCUT2D eigenvalue weighted by Gasteiger charge is -2.21. The molecule has 1 aliphatic heterocycles. The molecule has 2 aliphatic rings. The number of benzene rings is 1. The second kappa shape index (κ2) is 10.4. The van der Waals surface area contributed by atoms with E-state index >= 15 is 0 Å². The van der Waals surface area contributed by atoms with Crippen LogP contribution in [0.15, 0.2) is 35.3 Å². The van der Waals surface area contributed by atoms with Crippen LogP contribution in [0, 0.1) is 11.8 Å². The molecule has 1 aliphatic carbocycles. The van der Waals surface area contributed by atoms with E-state index in [1.165, 1.54) is 18.4 Å². The first-order valence-electron chi connectivity index (χ1n) is 9.47. The van der Waals surface area contributed by atoms with E-state index in [0.29, 0.717) is 17.8 Å². The molecule has 140 valence electrons. The lowest BCUT2D eigenvalue weighted by Crippen LogP contribution is -2.40. The minimum atomic E-state index is 0. The predicted octanol–water partition coefficient (Wildman–Crippen LogP) is 3.73. The molecular formula is C20H32IN3O. The zero-order chi connectivity index (χ0) is 16.8. The van der Waals surface area contributed by atoms with Crippen molar-refractivity contribution in [3.05, 3.63) is 35.9 Å². The highest BCUT2D eigenvalue weighted by atomic mass is 127. The van der Waals surface area contributed by atoms with Crippen LogP contribution in [-0.4, -0.2) is 50.3 Å². The minimum Gasteiger partial charge on any atom is -0.381 e. The van der Waals surface area contributed by atoms with Crippen LogP contribution in [0.1, 0.15) is 38.2 Å². The second-order valence-electron chi connectivity index (χ2n) is 6.97. The molecule has 0 bridgehead atoms. The summed E-state index contributed by atoms with van der Waals surface area (Å²) in [6.45, 7) is 9.93. The first-order valence-corrected chi connectivity index (χ1v) is 9.47. The van der Waals surface area contributed by atoms with Crippen molar-refractivity contribution in [3.63, 3.8) is 0 Å². The van der Waals surface area contributed by atoms with Gasteiger partial charge in [0.2, 0.25) is 0 Å².